The Hall–Kier alpha value is -3.21. The highest BCUT2D eigenvalue weighted by Crippen LogP contribution is 2.08. The number of carbonyl (C=O) groups excluding carboxylic acids is 1. The lowest BCUT2D eigenvalue weighted by Gasteiger charge is -2.09. The van der Waals surface area contributed by atoms with E-state index in [4.69, 9.17) is 0 Å². The van der Waals surface area contributed by atoms with Crippen molar-refractivity contribution in [1.82, 2.24) is 15.3 Å². The van der Waals surface area contributed by atoms with E-state index in [0.717, 1.165) is 30.6 Å². The molecule has 3 aromatic rings. The van der Waals surface area contributed by atoms with Crippen molar-refractivity contribution < 1.29 is 4.79 Å². The van der Waals surface area contributed by atoms with E-state index in [-0.39, 0.29) is 5.91 Å². The second kappa shape index (κ2) is 9.65. The number of amides is 1. The molecule has 144 valence electrons. The Kier molecular flexibility index (Phi) is 6.73. The summed E-state index contributed by atoms with van der Waals surface area (Å²) in [7, 11) is 0. The van der Waals surface area contributed by atoms with Crippen LogP contribution in [0.3, 0.4) is 0 Å². The molecule has 0 aliphatic rings. The maximum absolute atomic E-state index is 12.5. The molecule has 1 heterocycles. The van der Waals surface area contributed by atoms with Gasteiger partial charge in [0.25, 0.3) is 5.91 Å². The first-order valence-corrected chi connectivity index (χ1v) is 9.57. The molecule has 28 heavy (non-hydrogen) atoms. The van der Waals surface area contributed by atoms with Crippen molar-refractivity contribution in [2.75, 3.05) is 11.9 Å². The molecule has 0 aliphatic carbocycles. The fourth-order valence-corrected chi connectivity index (χ4v) is 2.88. The number of benzene rings is 2. The van der Waals surface area contributed by atoms with Gasteiger partial charge in [0.2, 0.25) is 5.95 Å². The van der Waals surface area contributed by atoms with Crippen LogP contribution in [0.2, 0.25) is 0 Å². The van der Waals surface area contributed by atoms with E-state index in [2.05, 4.69) is 32.7 Å². The molecule has 2 aromatic carbocycles. The normalized spacial score (nSPS) is 10.5. The third-order valence-electron chi connectivity index (χ3n) is 4.43. The Morgan fingerprint density at radius 2 is 1.68 bits per heavy atom. The first-order valence-electron chi connectivity index (χ1n) is 9.57. The van der Waals surface area contributed by atoms with Gasteiger partial charge < -0.3 is 10.6 Å². The largest absolute Gasteiger partial charge is 0.354 e. The summed E-state index contributed by atoms with van der Waals surface area (Å²) in [6.07, 6.45) is 1.96. The molecule has 3 rings (SSSR count). The van der Waals surface area contributed by atoms with Crippen molar-refractivity contribution in [3.8, 4) is 0 Å². The van der Waals surface area contributed by atoms with Crippen LogP contribution in [0.15, 0.2) is 60.7 Å². The third kappa shape index (κ3) is 5.91. The Morgan fingerprint density at radius 1 is 0.929 bits per heavy atom. The number of aryl methyl sites for hydroxylation is 3. The van der Waals surface area contributed by atoms with Crippen LogP contribution in [-0.4, -0.2) is 22.4 Å². The molecular formula is C23H26N4O. The van der Waals surface area contributed by atoms with Crippen molar-refractivity contribution in [3.63, 3.8) is 0 Å². The van der Waals surface area contributed by atoms with Crippen LogP contribution < -0.4 is 10.6 Å². The predicted octanol–water partition coefficient (Wildman–Crippen LogP) is 4.07. The van der Waals surface area contributed by atoms with Gasteiger partial charge in [-0.25, -0.2) is 9.97 Å². The zero-order chi connectivity index (χ0) is 19.8. The number of rotatable bonds is 8. The van der Waals surface area contributed by atoms with Gasteiger partial charge in [-0.2, -0.15) is 0 Å². The number of nitrogens with one attached hydrogen (secondary N) is 2. The number of anilines is 1. The van der Waals surface area contributed by atoms with E-state index in [1.54, 1.807) is 6.07 Å². The number of nitrogens with zero attached hydrogens (tertiary/aromatic N) is 2. The molecule has 0 fully saturated rings. The van der Waals surface area contributed by atoms with Gasteiger partial charge >= 0.3 is 0 Å². The minimum Gasteiger partial charge on any atom is -0.354 e. The van der Waals surface area contributed by atoms with Crippen LogP contribution >= 0.6 is 0 Å². The second-order valence-corrected chi connectivity index (χ2v) is 6.90. The highest BCUT2D eigenvalue weighted by atomic mass is 16.1. The molecule has 0 spiro atoms. The van der Waals surface area contributed by atoms with E-state index in [0.29, 0.717) is 18.2 Å². The summed E-state index contributed by atoms with van der Waals surface area (Å²) >= 11 is 0. The van der Waals surface area contributed by atoms with E-state index in [9.17, 15) is 4.79 Å². The van der Waals surface area contributed by atoms with Crippen LogP contribution in [0.5, 0.6) is 0 Å². The molecule has 1 aromatic heterocycles. The Balaban J connectivity index is 1.53. The van der Waals surface area contributed by atoms with Crippen LogP contribution in [0.1, 0.15) is 39.3 Å². The van der Waals surface area contributed by atoms with Gasteiger partial charge in [-0.1, -0.05) is 60.2 Å². The fourth-order valence-electron chi connectivity index (χ4n) is 2.88. The van der Waals surface area contributed by atoms with Gasteiger partial charge in [-0.15, -0.1) is 0 Å². The Morgan fingerprint density at radius 3 is 2.43 bits per heavy atom. The number of aromatic nitrogens is 2. The van der Waals surface area contributed by atoms with Gasteiger partial charge in [0, 0.05) is 18.8 Å². The monoisotopic (exact) mass is 374 g/mol. The maximum atomic E-state index is 12.5. The first-order chi connectivity index (χ1) is 13.6. The number of carbonyl (C=O) groups is 1. The lowest BCUT2D eigenvalue weighted by Crippen LogP contribution is -2.24. The molecule has 0 saturated carbocycles. The van der Waals surface area contributed by atoms with Crippen LogP contribution in [-0.2, 0) is 13.0 Å². The Labute approximate surface area is 166 Å². The fraction of sp³-hybridized carbons (Fsp3) is 0.261. The molecule has 0 saturated heterocycles. The molecule has 5 heteroatoms. The third-order valence-corrected chi connectivity index (χ3v) is 4.43. The van der Waals surface area contributed by atoms with Gasteiger partial charge in [0.05, 0.1) is 0 Å². The summed E-state index contributed by atoms with van der Waals surface area (Å²) in [5, 5.41) is 6.15. The SMILES string of the molecule is Cc1ccc(CNC(=O)c2cc(C)nc(NCCCc3ccccc3)n2)cc1. The standard InChI is InChI=1S/C23H26N4O/c1-17-10-12-20(13-11-17)16-25-22(28)21-15-18(2)26-23(27-21)24-14-6-9-19-7-4-3-5-8-19/h3-5,7-8,10-13,15H,6,9,14,16H2,1-2H3,(H,25,28)(H,24,26,27). The zero-order valence-electron chi connectivity index (χ0n) is 16.4. The molecule has 2 N–H and O–H groups in total. The quantitative estimate of drug-likeness (QED) is 0.583. The summed E-state index contributed by atoms with van der Waals surface area (Å²) in [6.45, 7) is 5.14. The lowest BCUT2D eigenvalue weighted by atomic mass is 10.1. The van der Waals surface area contributed by atoms with Gasteiger partial charge in [0.1, 0.15) is 5.69 Å². The summed E-state index contributed by atoms with van der Waals surface area (Å²) in [5.74, 6) is 0.298. The lowest BCUT2D eigenvalue weighted by molar-refractivity contribution is 0.0945. The summed E-state index contributed by atoms with van der Waals surface area (Å²) in [5.41, 5.74) is 4.71. The average Bonchev–Trinajstić information content (AvgIpc) is 2.71. The zero-order valence-corrected chi connectivity index (χ0v) is 16.4. The average molecular weight is 374 g/mol. The van der Waals surface area contributed by atoms with E-state index >= 15 is 0 Å². The summed E-state index contributed by atoms with van der Waals surface area (Å²) in [6, 6.07) is 20.2. The van der Waals surface area contributed by atoms with Crippen LogP contribution in [0.25, 0.3) is 0 Å². The maximum Gasteiger partial charge on any atom is 0.270 e. The molecule has 5 nitrogen and oxygen atoms in total. The van der Waals surface area contributed by atoms with Gasteiger partial charge in [-0.05, 0) is 43.9 Å². The second-order valence-electron chi connectivity index (χ2n) is 6.90. The van der Waals surface area contributed by atoms with Crippen molar-refractivity contribution in [2.24, 2.45) is 0 Å². The minimum atomic E-state index is -0.196. The summed E-state index contributed by atoms with van der Waals surface area (Å²) in [4.78, 5) is 21.2. The van der Waals surface area contributed by atoms with Crippen LogP contribution in [0, 0.1) is 13.8 Å². The molecule has 0 atom stereocenters. The highest BCUT2D eigenvalue weighted by Gasteiger charge is 2.10. The summed E-state index contributed by atoms with van der Waals surface area (Å²) < 4.78 is 0. The predicted molar refractivity (Wildman–Crippen MR) is 112 cm³/mol. The van der Waals surface area contributed by atoms with Crippen molar-refractivity contribution in [1.29, 1.82) is 0 Å². The van der Waals surface area contributed by atoms with Gasteiger partial charge in [0.15, 0.2) is 0 Å². The van der Waals surface area contributed by atoms with Crippen molar-refractivity contribution >= 4 is 11.9 Å². The van der Waals surface area contributed by atoms with Crippen molar-refractivity contribution in [2.45, 2.75) is 33.2 Å². The van der Waals surface area contributed by atoms with E-state index in [1.165, 1.54) is 11.1 Å². The molecule has 0 aliphatic heterocycles. The highest BCUT2D eigenvalue weighted by molar-refractivity contribution is 5.92. The Bertz CT molecular complexity index is 908. The molecule has 0 unspecified atom stereocenters. The van der Waals surface area contributed by atoms with E-state index < -0.39 is 0 Å². The first kappa shape index (κ1) is 19.5. The minimum absolute atomic E-state index is 0.196. The topological polar surface area (TPSA) is 66.9 Å². The molecular weight excluding hydrogens is 348 g/mol. The molecule has 0 bridgehead atoms. The molecule has 1 amide bonds. The molecule has 0 radical (unpaired) electrons. The van der Waals surface area contributed by atoms with Crippen molar-refractivity contribution in [3.05, 3.63) is 88.7 Å². The van der Waals surface area contributed by atoms with Gasteiger partial charge in [-0.3, -0.25) is 4.79 Å². The smallest absolute Gasteiger partial charge is 0.270 e. The number of hydrogen-bond acceptors (Lipinski definition) is 4. The van der Waals surface area contributed by atoms with E-state index in [1.807, 2.05) is 56.3 Å². The number of hydrogen-bond donors (Lipinski definition) is 2. The van der Waals surface area contributed by atoms with Crippen LogP contribution in [0.4, 0.5) is 5.95 Å².